The minimum Gasteiger partial charge on any atom is -0.508 e. The lowest BCUT2D eigenvalue weighted by atomic mass is 10.2. The molecule has 2 N–H and O–H groups in total. The van der Waals surface area contributed by atoms with Gasteiger partial charge in [0.05, 0.1) is 0 Å². The van der Waals surface area contributed by atoms with E-state index in [1.54, 1.807) is 18.2 Å². The van der Waals surface area contributed by atoms with Crippen molar-refractivity contribution in [2.75, 3.05) is 0 Å². The molecule has 0 aliphatic carbocycles. The molecule has 0 aliphatic rings. The topological polar surface area (TPSA) is 76.0 Å². The Morgan fingerprint density at radius 2 is 1.19 bits per heavy atom. The van der Waals surface area contributed by atoms with Gasteiger partial charge in [-0.3, -0.25) is 4.79 Å². The summed E-state index contributed by atoms with van der Waals surface area (Å²) in [5.74, 6) is 1.30. The summed E-state index contributed by atoms with van der Waals surface area (Å²) in [5, 5.41) is 16.6. The van der Waals surface area contributed by atoms with E-state index in [2.05, 4.69) is 0 Å². The maximum atomic E-state index is 9.68. The zero-order chi connectivity index (χ0) is 18.6. The quantitative estimate of drug-likeness (QED) is 0.649. The number of benzene rings is 3. The van der Waals surface area contributed by atoms with Crippen molar-refractivity contribution in [2.24, 2.45) is 0 Å². The van der Waals surface area contributed by atoms with Crippen LogP contribution in [0.4, 0.5) is 0 Å². The van der Waals surface area contributed by atoms with Crippen LogP contribution in [-0.2, 0) is 18.0 Å². The van der Waals surface area contributed by atoms with Crippen molar-refractivity contribution in [3.63, 3.8) is 0 Å². The van der Waals surface area contributed by atoms with Crippen LogP contribution in [0.5, 0.6) is 17.2 Å². The number of carboxylic acid groups (broad SMARTS) is 1. The van der Waals surface area contributed by atoms with Gasteiger partial charge in [-0.25, -0.2) is 0 Å². The summed E-state index contributed by atoms with van der Waals surface area (Å²) in [6, 6.07) is 24.7. The standard InChI is InChI=1S/C20H18O3.CH2O2/c21-18-11-12-19(22-14-16-7-3-1-4-8-16)20(13-18)23-15-17-9-5-2-6-10-17;2-1-3/h1-13,21H,14-15H2;1H,(H,2,3). The molecular weight excluding hydrogens is 332 g/mol. The van der Waals surface area contributed by atoms with Gasteiger partial charge in [0, 0.05) is 6.07 Å². The lowest BCUT2D eigenvalue weighted by Crippen LogP contribution is -2.00. The van der Waals surface area contributed by atoms with E-state index in [1.807, 2.05) is 60.7 Å². The van der Waals surface area contributed by atoms with Crippen LogP contribution >= 0.6 is 0 Å². The van der Waals surface area contributed by atoms with E-state index in [0.29, 0.717) is 24.7 Å². The van der Waals surface area contributed by atoms with Crippen LogP contribution < -0.4 is 9.47 Å². The average molecular weight is 352 g/mol. The first-order valence-electron chi connectivity index (χ1n) is 7.97. The number of ether oxygens (including phenoxy) is 2. The van der Waals surface area contributed by atoms with E-state index in [1.165, 1.54) is 0 Å². The molecule has 0 heterocycles. The van der Waals surface area contributed by atoms with Crippen LogP contribution in [-0.4, -0.2) is 16.7 Å². The third kappa shape index (κ3) is 6.20. The van der Waals surface area contributed by atoms with Crippen LogP contribution in [0, 0.1) is 0 Å². The molecular formula is C21H20O5. The molecule has 0 aliphatic heterocycles. The van der Waals surface area contributed by atoms with Gasteiger partial charge in [0.1, 0.15) is 19.0 Å². The minimum absolute atomic E-state index is 0.153. The van der Waals surface area contributed by atoms with Gasteiger partial charge in [0.15, 0.2) is 11.5 Å². The van der Waals surface area contributed by atoms with Crippen LogP contribution in [0.3, 0.4) is 0 Å². The van der Waals surface area contributed by atoms with Crippen molar-refractivity contribution < 1.29 is 24.5 Å². The van der Waals surface area contributed by atoms with E-state index in [4.69, 9.17) is 19.4 Å². The van der Waals surface area contributed by atoms with Gasteiger partial charge in [-0.1, -0.05) is 60.7 Å². The number of rotatable bonds is 6. The Morgan fingerprint density at radius 1 is 0.731 bits per heavy atom. The summed E-state index contributed by atoms with van der Waals surface area (Å²) in [4.78, 5) is 8.36. The Morgan fingerprint density at radius 3 is 1.69 bits per heavy atom. The fourth-order valence-corrected chi connectivity index (χ4v) is 2.20. The molecule has 0 bridgehead atoms. The first-order valence-corrected chi connectivity index (χ1v) is 7.97. The van der Waals surface area contributed by atoms with Gasteiger partial charge in [-0.15, -0.1) is 0 Å². The van der Waals surface area contributed by atoms with E-state index in [0.717, 1.165) is 11.1 Å². The van der Waals surface area contributed by atoms with Gasteiger partial charge in [-0.05, 0) is 23.3 Å². The maximum absolute atomic E-state index is 9.68. The summed E-state index contributed by atoms with van der Waals surface area (Å²) < 4.78 is 11.6. The number of phenolic OH excluding ortho intramolecular Hbond substituents is 1. The Kier molecular flexibility index (Phi) is 7.55. The van der Waals surface area contributed by atoms with Crippen LogP contribution in [0.15, 0.2) is 78.9 Å². The fraction of sp³-hybridized carbons (Fsp3) is 0.0952. The third-order valence-electron chi connectivity index (χ3n) is 3.40. The summed E-state index contributed by atoms with van der Waals surface area (Å²) in [6.07, 6.45) is 0. The molecule has 3 aromatic carbocycles. The van der Waals surface area contributed by atoms with Crippen LogP contribution in [0.1, 0.15) is 11.1 Å². The molecule has 0 aromatic heterocycles. The lowest BCUT2D eigenvalue weighted by molar-refractivity contribution is -0.122. The SMILES string of the molecule is O=CO.Oc1ccc(OCc2ccccc2)c(OCc2ccccc2)c1. The summed E-state index contributed by atoms with van der Waals surface area (Å²) in [6.45, 7) is 0.624. The molecule has 0 atom stereocenters. The zero-order valence-corrected chi connectivity index (χ0v) is 14.1. The van der Waals surface area contributed by atoms with Crippen molar-refractivity contribution in [1.82, 2.24) is 0 Å². The maximum Gasteiger partial charge on any atom is 0.290 e. The predicted octanol–water partition coefficient (Wildman–Crippen LogP) is 4.25. The van der Waals surface area contributed by atoms with Crippen molar-refractivity contribution in [3.8, 4) is 17.2 Å². The Labute approximate surface area is 152 Å². The first kappa shape index (κ1) is 18.9. The lowest BCUT2D eigenvalue weighted by Gasteiger charge is -2.13. The second-order valence-electron chi connectivity index (χ2n) is 5.28. The molecule has 0 unspecified atom stereocenters. The molecule has 134 valence electrons. The first-order chi connectivity index (χ1) is 12.7. The van der Waals surface area contributed by atoms with Crippen LogP contribution in [0.25, 0.3) is 0 Å². The Hall–Kier alpha value is -3.47. The smallest absolute Gasteiger partial charge is 0.290 e. The molecule has 3 rings (SSSR count). The van der Waals surface area contributed by atoms with Crippen molar-refractivity contribution in [1.29, 1.82) is 0 Å². The van der Waals surface area contributed by atoms with E-state index >= 15 is 0 Å². The number of aromatic hydroxyl groups is 1. The highest BCUT2D eigenvalue weighted by Gasteiger charge is 2.07. The van der Waals surface area contributed by atoms with Crippen molar-refractivity contribution >= 4 is 6.47 Å². The van der Waals surface area contributed by atoms with E-state index < -0.39 is 0 Å². The highest BCUT2D eigenvalue weighted by atomic mass is 16.5. The minimum atomic E-state index is -0.250. The van der Waals surface area contributed by atoms with Crippen LogP contribution in [0.2, 0.25) is 0 Å². The molecule has 0 spiro atoms. The fourth-order valence-electron chi connectivity index (χ4n) is 2.20. The number of hydrogen-bond acceptors (Lipinski definition) is 4. The van der Waals surface area contributed by atoms with Gasteiger partial charge in [0.2, 0.25) is 0 Å². The largest absolute Gasteiger partial charge is 0.508 e. The zero-order valence-electron chi connectivity index (χ0n) is 14.1. The predicted molar refractivity (Wildman–Crippen MR) is 98.3 cm³/mol. The van der Waals surface area contributed by atoms with Gasteiger partial charge in [-0.2, -0.15) is 0 Å². The molecule has 0 saturated carbocycles. The monoisotopic (exact) mass is 352 g/mol. The van der Waals surface area contributed by atoms with Crippen molar-refractivity contribution in [3.05, 3.63) is 90.0 Å². The second kappa shape index (κ2) is 10.4. The number of carbonyl (C=O) groups is 1. The number of phenols is 1. The molecule has 3 aromatic rings. The number of hydrogen-bond donors (Lipinski definition) is 2. The van der Waals surface area contributed by atoms with Gasteiger partial charge < -0.3 is 19.7 Å². The Balaban J connectivity index is 0.000000758. The summed E-state index contributed by atoms with van der Waals surface area (Å²) in [7, 11) is 0. The normalized spacial score (nSPS) is 9.54. The average Bonchev–Trinajstić information content (AvgIpc) is 2.68. The molecule has 5 nitrogen and oxygen atoms in total. The third-order valence-corrected chi connectivity index (χ3v) is 3.40. The van der Waals surface area contributed by atoms with Crippen molar-refractivity contribution in [2.45, 2.75) is 13.2 Å². The highest BCUT2D eigenvalue weighted by molar-refractivity contribution is 5.45. The molecule has 5 heteroatoms. The highest BCUT2D eigenvalue weighted by Crippen LogP contribution is 2.32. The molecule has 26 heavy (non-hydrogen) atoms. The molecule has 0 amide bonds. The summed E-state index contributed by atoms with van der Waals surface area (Å²) >= 11 is 0. The molecule has 0 radical (unpaired) electrons. The van der Waals surface area contributed by atoms with E-state index in [-0.39, 0.29) is 12.2 Å². The van der Waals surface area contributed by atoms with E-state index in [9.17, 15) is 5.11 Å². The van der Waals surface area contributed by atoms with Gasteiger partial charge >= 0.3 is 0 Å². The Bertz CT molecular complexity index is 788. The summed E-state index contributed by atoms with van der Waals surface area (Å²) in [5.41, 5.74) is 2.14. The molecule has 0 saturated heterocycles. The molecule has 0 fully saturated rings. The van der Waals surface area contributed by atoms with Gasteiger partial charge in [0.25, 0.3) is 6.47 Å². The second-order valence-corrected chi connectivity index (χ2v) is 5.28.